The predicted molar refractivity (Wildman–Crippen MR) is 69.7 cm³/mol. The Labute approximate surface area is 110 Å². The molecule has 0 amide bonds. The van der Waals surface area contributed by atoms with Gasteiger partial charge in [-0.2, -0.15) is 0 Å². The maximum atomic E-state index is 11.7. The van der Waals surface area contributed by atoms with Gasteiger partial charge in [-0.25, -0.2) is 0 Å². The molecule has 0 spiro atoms. The summed E-state index contributed by atoms with van der Waals surface area (Å²) in [5.74, 6) is 0.369. The summed E-state index contributed by atoms with van der Waals surface area (Å²) in [5, 5.41) is 0. The van der Waals surface area contributed by atoms with Crippen molar-refractivity contribution in [3.63, 3.8) is 0 Å². The number of ether oxygens (including phenoxy) is 3. The van der Waals surface area contributed by atoms with Crippen molar-refractivity contribution in [2.24, 2.45) is 5.41 Å². The largest absolute Gasteiger partial charge is 0.382 e. The first-order valence-corrected chi connectivity index (χ1v) is 6.92. The Morgan fingerprint density at radius 1 is 1.17 bits per heavy atom. The van der Waals surface area contributed by atoms with Crippen LogP contribution in [-0.2, 0) is 19.0 Å². The number of rotatable bonds is 10. The summed E-state index contributed by atoms with van der Waals surface area (Å²) in [7, 11) is 1.66. The molecule has 0 saturated heterocycles. The van der Waals surface area contributed by atoms with Gasteiger partial charge in [0, 0.05) is 26.7 Å². The van der Waals surface area contributed by atoms with Gasteiger partial charge in [0.05, 0.1) is 24.7 Å². The minimum absolute atomic E-state index is 0.124. The Bertz CT molecular complexity index is 248. The van der Waals surface area contributed by atoms with E-state index in [9.17, 15) is 4.79 Å². The fraction of sp³-hybridized carbons (Fsp3) is 0.929. The Balaban J connectivity index is 2.11. The lowest BCUT2D eigenvalue weighted by Gasteiger charge is -2.46. The lowest BCUT2D eigenvalue weighted by atomic mass is 9.61. The summed E-state index contributed by atoms with van der Waals surface area (Å²) in [5.41, 5.74) is -0.198. The molecule has 0 aromatic carbocycles. The number of hydrogen-bond donors (Lipinski definition) is 0. The maximum Gasteiger partial charge on any atom is 0.144 e. The van der Waals surface area contributed by atoms with E-state index in [2.05, 4.69) is 13.8 Å². The molecule has 0 aromatic rings. The van der Waals surface area contributed by atoms with Gasteiger partial charge in [0.1, 0.15) is 5.78 Å². The molecule has 1 aliphatic rings. The van der Waals surface area contributed by atoms with Crippen LogP contribution in [-0.4, -0.2) is 45.4 Å². The maximum absolute atomic E-state index is 11.7. The van der Waals surface area contributed by atoms with Crippen LogP contribution >= 0.6 is 0 Å². The standard InChI is InChI=1S/C14H26O4/c1-4-14(5-2)12(15)11-13(14)18-8-6-7-17-10-9-16-3/h13H,4-11H2,1-3H3. The zero-order chi connectivity index (χ0) is 13.4. The van der Waals surface area contributed by atoms with Gasteiger partial charge in [0.15, 0.2) is 0 Å². The Morgan fingerprint density at radius 2 is 1.89 bits per heavy atom. The minimum atomic E-state index is -0.198. The molecule has 1 fully saturated rings. The smallest absolute Gasteiger partial charge is 0.144 e. The Hall–Kier alpha value is -0.450. The first-order valence-electron chi connectivity index (χ1n) is 6.92. The van der Waals surface area contributed by atoms with E-state index >= 15 is 0 Å². The molecule has 1 saturated carbocycles. The normalized spacial score (nSPS) is 21.9. The second-order valence-electron chi connectivity index (χ2n) is 4.81. The fourth-order valence-electron chi connectivity index (χ4n) is 2.56. The van der Waals surface area contributed by atoms with Crippen molar-refractivity contribution in [2.75, 3.05) is 33.5 Å². The highest BCUT2D eigenvalue weighted by atomic mass is 16.5. The third kappa shape index (κ3) is 3.53. The second kappa shape index (κ2) is 7.87. The van der Waals surface area contributed by atoms with Crippen LogP contribution in [0.1, 0.15) is 39.5 Å². The molecule has 0 bridgehead atoms. The van der Waals surface area contributed by atoms with Crippen LogP contribution in [0.25, 0.3) is 0 Å². The molecule has 0 radical (unpaired) electrons. The summed E-state index contributed by atoms with van der Waals surface area (Å²) >= 11 is 0. The van der Waals surface area contributed by atoms with Gasteiger partial charge in [-0.1, -0.05) is 13.8 Å². The average molecular weight is 258 g/mol. The number of Topliss-reactive ketones (excluding diaryl/α,β-unsaturated/α-hetero) is 1. The zero-order valence-electron chi connectivity index (χ0n) is 11.9. The fourth-order valence-corrected chi connectivity index (χ4v) is 2.56. The molecule has 1 atom stereocenters. The first kappa shape index (κ1) is 15.6. The van der Waals surface area contributed by atoms with Crippen LogP contribution in [0.3, 0.4) is 0 Å². The van der Waals surface area contributed by atoms with E-state index in [1.165, 1.54) is 0 Å². The zero-order valence-corrected chi connectivity index (χ0v) is 11.9. The van der Waals surface area contributed by atoms with Crippen LogP contribution in [0.5, 0.6) is 0 Å². The summed E-state index contributed by atoms with van der Waals surface area (Å²) in [6, 6.07) is 0. The van der Waals surface area contributed by atoms with E-state index in [0.29, 0.717) is 38.6 Å². The number of hydrogen-bond acceptors (Lipinski definition) is 4. The van der Waals surface area contributed by atoms with E-state index in [0.717, 1.165) is 19.3 Å². The van der Waals surface area contributed by atoms with Crippen molar-refractivity contribution >= 4 is 5.78 Å². The van der Waals surface area contributed by atoms with Gasteiger partial charge in [0.2, 0.25) is 0 Å². The topological polar surface area (TPSA) is 44.8 Å². The van der Waals surface area contributed by atoms with E-state index < -0.39 is 0 Å². The Morgan fingerprint density at radius 3 is 2.44 bits per heavy atom. The predicted octanol–water partition coefficient (Wildman–Crippen LogP) is 2.20. The number of carbonyl (C=O) groups is 1. The molecular weight excluding hydrogens is 232 g/mol. The highest BCUT2D eigenvalue weighted by Crippen LogP contribution is 2.45. The molecule has 0 N–H and O–H groups in total. The van der Waals surface area contributed by atoms with Crippen LogP contribution in [0.15, 0.2) is 0 Å². The van der Waals surface area contributed by atoms with Crippen molar-refractivity contribution in [3.05, 3.63) is 0 Å². The Kier molecular flexibility index (Phi) is 6.82. The second-order valence-corrected chi connectivity index (χ2v) is 4.81. The van der Waals surface area contributed by atoms with Gasteiger partial charge in [0.25, 0.3) is 0 Å². The molecule has 18 heavy (non-hydrogen) atoms. The van der Waals surface area contributed by atoms with Crippen molar-refractivity contribution < 1.29 is 19.0 Å². The van der Waals surface area contributed by atoms with Crippen molar-refractivity contribution in [1.29, 1.82) is 0 Å². The molecule has 0 aromatic heterocycles. The van der Waals surface area contributed by atoms with Gasteiger partial charge in [-0.05, 0) is 19.3 Å². The van der Waals surface area contributed by atoms with Crippen LogP contribution in [0.2, 0.25) is 0 Å². The summed E-state index contributed by atoms with van der Waals surface area (Å²) in [6.45, 7) is 6.77. The van der Waals surface area contributed by atoms with Gasteiger partial charge < -0.3 is 14.2 Å². The first-order chi connectivity index (χ1) is 8.71. The van der Waals surface area contributed by atoms with E-state index in [-0.39, 0.29) is 11.5 Å². The number of methoxy groups -OCH3 is 1. The average Bonchev–Trinajstić information content (AvgIpc) is 2.38. The van der Waals surface area contributed by atoms with Crippen LogP contribution < -0.4 is 0 Å². The van der Waals surface area contributed by atoms with Crippen molar-refractivity contribution in [1.82, 2.24) is 0 Å². The summed E-state index contributed by atoms with van der Waals surface area (Å²) in [6.07, 6.45) is 3.36. The third-order valence-corrected chi connectivity index (χ3v) is 3.99. The lowest BCUT2D eigenvalue weighted by molar-refractivity contribution is -0.165. The van der Waals surface area contributed by atoms with Crippen molar-refractivity contribution in [2.45, 2.75) is 45.6 Å². The molecule has 1 rings (SSSR count). The monoisotopic (exact) mass is 258 g/mol. The highest BCUT2D eigenvalue weighted by Gasteiger charge is 2.52. The molecule has 0 heterocycles. The highest BCUT2D eigenvalue weighted by molar-refractivity contribution is 5.92. The van der Waals surface area contributed by atoms with Crippen LogP contribution in [0.4, 0.5) is 0 Å². The molecule has 1 aliphatic carbocycles. The number of carbonyl (C=O) groups excluding carboxylic acids is 1. The van der Waals surface area contributed by atoms with E-state index in [1.807, 2.05) is 0 Å². The molecule has 4 heteroatoms. The molecule has 106 valence electrons. The third-order valence-electron chi connectivity index (χ3n) is 3.99. The number of ketones is 1. The summed E-state index contributed by atoms with van der Waals surface area (Å²) < 4.78 is 16.1. The SMILES string of the molecule is CCC1(CC)C(=O)CC1OCCCOCCOC. The van der Waals surface area contributed by atoms with Gasteiger partial charge >= 0.3 is 0 Å². The quantitative estimate of drug-likeness (QED) is 0.564. The van der Waals surface area contributed by atoms with Crippen LogP contribution in [0, 0.1) is 5.41 Å². The van der Waals surface area contributed by atoms with Gasteiger partial charge in [-0.3, -0.25) is 4.79 Å². The lowest BCUT2D eigenvalue weighted by Crippen LogP contribution is -2.54. The van der Waals surface area contributed by atoms with Gasteiger partial charge in [-0.15, -0.1) is 0 Å². The van der Waals surface area contributed by atoms with E-state index in [4.69, 9.17) is 14.2 Å². The summed E-state index contributed by atoms with van der Waals surface area (Å²) in [4.78, 5) is 11.7. The molecule has 4 nitrogen and oxygen atoms in total. The van der Waals surface area contributed by atoms with Crippen molar-refractivity contribution in [3.8, 4) is 0 Å². The molecular formula is C14H26O4. The molecule has 1 unspecified atom stereocenters. The van der Waals surface area contributed by atoms with E-state index in [1.54, 1.807) is 7.11 Å². The minimum Gasteiger partial charge on any atom is -0.382 e. The molecule has 0 aliphatic heterocycles.